The van der Waals surface area contributed by atoms with Gasteiger partial charge in [0, 0.05) is 35.6 Å². The van der Waals surface area contributed by atoms with Crippen LogP contribution in [0.5, 0.6) is 5.75 Å². The molecule has 1 aromatic heterocycles. The van der Waals surface area contributed by atoms with Crippen LogP contribution in [-0.2, 0) is 17.6 Å². The predicted molar refractivity (Wildman–Crippen MR) is 128 cm³/mol. The van der Waals surface area contributed by atoms with Crippen LogP contribution in [0.4, 0.5) is 0 Å². The van der Waals surface area contributed by atoms with Crippen LogP contribution >= 0.6 is 0 Å². The number of benzene rings is 3. The van der Waals surface area contributed by atoms with E-state index in [4.69, 9.17) is 4.74 Å². The Morgan fingerprint density at radius 1 is 1.06 bits per heavy atom. The summed E-state index contributed by atoms with van der Waals surface area (Å²) in [7, 11) is 1.69. The summed E-state index contributed by atoms with van der Waals surface area (Å²) in [5.74, 6) is 1.03. The Hall–Kier alpha value is -3.53. The maximum atomic E-state index is 13.4. The van der Waals surface area contributed by atoms with Crippen LogP contribution in [0, 0.1) is 6.92 Å². The number of H-pyrrole nitrogens is 1. The van der Waals surface area contributed by atoms with Gasteiger partial charge in [0.05, 0.1) is 13.2 Å². The average Bonchev–Trinajstić information content (AvgIpc) is 3.21. The van der Waals surface area contributed by atoms with Crippen LogP contribution in [0.15, 0.2) is 72.8 Å². The molecule has 0 spiro atoms. The molecule has 162 valence electrons. The van der Waals surface area contributed by atoms with Crippen LogP contribution < -0.4 is 4.74 Å². The summed E-state index contributed by atoms with van der Waals surface area (Å²) in [6.07, 6.45) is 2.12. The number of aryl methyl sites for hydroxylation is 2. The number of carbonyl (C=O) groups is 1. The van der Waals surface area contributed by atoms with E-state index in [-0.39, 0.29) is 11.9 Å². The van der Waals surface area contributed by atoms with Crippen molar-refractivity contribution in [3.05, 3.63) is 101 Å². The monoisotopic (exact) mass is 424 g/mol. The lowest BCUT2D eigenvalue weighted by Gasteiger charge is -2.36. The zero-order valence-electron chi connectivity index (χ0n) is 18.6. The van der Waals surface area contributed by atoms with Gasteiger partial charge in [-0.05, 0) is 48.6 Å². The number of amides is 1. The van der Waals surface area contributed by atoms with Crippen LogP contribution in [-0.4, -0.2) is 29.4 Å². The number of fused-ring (bicyclic) bond motifs is 3. The van der Waals surface area contributed by atoms with Gasteiger partial charge in [0.1, 0.15) is 5.75 Å². The van der Waals surface area contributed by atoms with Gasteiger partial charge >= 0.3 is 0 Å². The number of ether oxygens (including phenoxy) is 1. The molecule has 1 aliphatic rings. The van der Waals surface area contributed by atoms with Crippen molar-refractivity contribution in [2.24, 2.45) is 0 Å². The molecule has 1 atom stereocenters. The molecule has 0 saturated carbocycles. The first-order valence-corrected chi connectivity index (χ1v) is 11.2. The number of nitrogens with zero attached hydrogens (tertiary/aromatic N) is 1. The zero-order valence-corrected chi connectivity index (χ0v) is 18.6. The second-order valence-corrected chi connectivity index (χ2v) is 8.56. The van der Waals surface area contributed by atoms with Crippen LogP contribution in [0.3, 0.4) is 0 Å². The fraction of sp³-hybridized carbons (Fsp3) is 0.250. The highest BCUT2D eigenvalue weighted by molar-refractivity contribution is 5.87. The third kappa shape index (κ3) is 3.77. The molecule has 4 nitrogen and oxygen atoms in total. The molecular formula is C28H28N2O2. The van der Waals surface area contributed by atoms with E-state index in [9.17, 15) is 4.79 Å². The highest BCUT2D eigenvalue weighted by Crippen LogP contribution is 2.39. The van der Waals surface area contributed by atoms with Gasteiger partial charge in [-0.3, -0.25) is 4.79 Å². The Balaban J connectivity index is 1.52. The van der Waals surface area contributed by atoms with E-state index in [2.05, 4.69) is 59.3 Å². The Kier molecular flexibility index (Phi) is 5.44. The van der Waals surface area contributed by atoms with E-state index in [0.29, 0.717) is 6.42 Å². The third-order valence-corrected chi connectivity index (χ3v) is 6.52. The molecule has 1 aliphatic heterocycles. The Morgan fingerprint density at radius 3 is 2.59 bits per heavy atom. The van der Waals surface area contributed by atoms with E-state index in [0.717, 1.165) is 41.9 Å². The molecule has 1 unspecified atom stereocenters. The lowest BCUT2D eigenvalue weighted by Crippen LogP contribution is -2.40. The molecule has 1 amide bonds. The minimum atomic E-state index is -0.110. The molecule has 5 rings (SSSR count). The van der Waals surface area contributed by atoms with E-state index in [1.807, 2.05) is 30.3 Å². The number of nitrogens with one attached hydrogen (secondary N) is 1. The summed E-state index contributed by atoms with van der Waals surface area (Å²) in [4.78, 5) is 19.1. The van der Waals surface area contributed by atoms with E-state index in [1.165, 1.54) is 22.1 Å². The quantitative estimate of drug-likeness (QED) is 0.454. The van der Waals surface area contributed by atoms with Crippen molar-refractivity contribution in [3.63, 3.8) is 0 Å². The van der Waals surface area contributed by atoms with E-state index in [1.54, 1.807) is 7.11 Å². The first kappa shape index (κ1) is 20.4. The lowest BCUT2D eigenvalue weighted by molar-refractivity contribution is -0.133. The topological polar surface area (TPSA) is 45.3 Å². The van der Waals surface area contributed by atoms with E-state index < -0.39 is 0 Å². The number of hydrogen-bond donors (Lipinski definition) is 1. The highest BCUT2D eigenvalue weighted by atomic mass is 16.5. The first-order valence-electron chi connectivity index (χ1n) is 11.2. The molecule has 4 aromatic rings. The molecule has 32 heavy (non-hydrogen) atoms. The van der Waals surface area contributed by atoms with Gasteiger partial charge in [-0.15, -0.1) is 0 Å². The van der Waals surface area contributed by atoms with Crippen molar-refractivity contribution in [2.75, 3.05) is 13.7 Å². The smallest absolute Gasteiger partial charge is 0.223 e. The molecule has 3 aromatic carbocycles. The van der Waals surface area contributed by atoms with E-state index >= 15 is 0 Å². The average molecular weight is 425 g/mol. The Bertz CT molecular complexity index is 1240. The third-order valence-electron chi connectivity index (χ3n) is 6.52. The second-order valence-electron chi connectivity index (χ2n) is 8.56. The summed E-state index contributed by atoms with van der Waals surface area (Å²) in [5, 5.41) is 1.22. The number of hydrogen-bond acceptors (Lipinski definition) is 2. The Labute approximate surface area is 188 Å². The van der Waals surface area contributed by atoms with Gasteiger partial charge in [0.25, 0.3) is 0 Å². The molecule has 1 N–H and O–H groups in total. The minimum Gasteiger partial charge on any atom is -0.497 e. The maximum Gasteiger partial charge on any atom is 0.223 e. The molecule has 0 fully saturated rings. The Morgan fingerprint density at radius 2 is 1.84 bits per heavy atom. The summed E-state index contributed by atoms with van der Waals surface area (Å²) in [6.45, 7) is 2.81. The van der Waals surface area contributed by atoms with Crippen molar-refractivity contribution in [1.82, 2.24) is 9.88 Å². The van der Waals surface area contributed by atoms with Crippen molar-refractivity contribution < 1.29 is 9.53 Å². The summed E-state index contributed by atoms with van der Waals surface area (Å²) in [5.41, 5.74) is 7.04. The van der Waals surface area contributed by atoms with Crippen LogP contribution in [0.1, 0.15) is 40.4 Å². The molecule has 0 aliphatic carbocycles. The molecule has 4 heteroatoms. The molecule has 2 heterocycles. The second kappa shape index (κ2) is 8.54. The van der Waals surface area contributed by atoms with Crippen LogP contribution in [0.25, 0.3) is 10.9 Å². The molecule has 0 saturated heterocycles. The first-order chi connectivity index (χ1) is 15.6. The summed E-state index contributed by atoms with van der Waals surface area (Å²) in [6, 6.07) is 24.9. The summed E-state index contributed by atoms with van der Waals surface area (Å²) < 4.78 is 5.43. The highest BCUT2D eigenvalue weighted by Gasteiger charge is 2.34. The van der Waals surface area contributed by atoms with Crippen molar-refractivity contribution in [1.29, 1.82) is 0 Å². The largest absolute Gasteiger partial charge is 0.497 e. The van der Waals surface area contributed by atoms with Gasteiger partial charge in [-0.2, -0.15) is 0 Å². The lowest BCUT2D eigenvalue weighted by atomic mass is 9.91. The van der Waals surface area contributed by atoms with Crippen molar-refractivity contribution in [3.8, 4) is 5.75 Å². The maximum absolute atomic E-state index is 13.4. The number of rotatable bonds is 5. The standard InChI is InChI=1S/C28H28N2O2/c1-19-8-11-21(12-9-19)28-27-24(23-14-13-22(32-2)18-25(23)29-27)16-17-30(28)26(31)15-10-20-6-4-3-5-7-20/h3-9,11-14,18,28-29H,10,15-17H2,1-2H3. The number of aromatic amines is 1. The van der Waals surface area contributed by atoms with Crippen LogP contribution in [0.2, 0.25) is 0 Å². The zero-order chi connectivity index (χ0) is 22.1. The van der Waals surface area contributed by atoms with Crippen molar-refractivity contribution in [2.45, 2.75) is 32.2 Å². The summed E-state index contributed by atoms with van der Waals surface area (Å²) >= 11 is 0. The van der Waals surface area contributed by atoms with Crippen molar-refractivity contribution >= 4 is 16.8 Å². The fourth-order valence-corrected chi connectivity index (χ4v) is 4.81. The van der Waals surface area contributed by atoms with Gasteiger partial charge in [-0.1, -0.05) is 60.2 Å². The normalized spacial score (nSPS) is 15.6. The van der Waals surface area contributed by atoms with Gasteiger partial charge < -0.3 is 14.6 Å². The fourth-order valence-electron chi connectivity index (χ4n) is 4.81. The molecular weight excluding hydrogens is 396 g/mol. The number of carbonyl (C=O) groups excluding carboxylic acids is 1. The predicted octanol–water partition coefficient (Wildman–Crippen LogP) is 5.59. The van der Waals surface area contributed by atoms with Gasteiger partial charge in [0.2, 0.25) is 5.91 Å². The molecule has 0 bridgehead atoms. The number of methoxy groups -OCH3 is 1. The van der Waals surface area contributed by atoms with Gasteiger partial charge in [0.15, 0.2) is 0 Å². The van der Waals surface area contributed by atoms with Gasteiger partial charge in [-0.25, -0.2) is 0 Å². The number of aromatic nitrogens is 1. The SMILES string of the molecule is COc1ccc2c3c([nH]c2c1)C(c1ccc(C)cc1)N(C(=O)CCc1ccccc1)CC3. The molecule has 0 radical (unpaired) electrons. The minimum absolute atomic E-state index is 0.110.